The molecule has 1 unspecified atom stereocenters. The van der Waals surface area contributed by atoms with Gasteiger partial charge in [0.2, 0.25) is 5.91 Å². The van der Waals surface area contributed by atoms with Crippen LogP contribution >= 0.6 is 0 Å². The Balaban J connectivity index is 2.36. The normalized spacial score (nSPS) is 40.7. The van der Waals surface area contributed by atoms with Crippen LogP contribution in [0.5, 0.6) is 0 Å². The molecule has 2 fully saturated rings. The average Bonchev–Trinajstić information content (AvgIpc) is 2.83. The molecule has 1 aliphatic heterocycles. The number of rotatable bonds is 1. The van der Waals surface area contributed by atoms with Crippen LogP contribution in [0.15, 0.2) is 0 Å². The molecular formula is C9H12N2O. The summed E-state index contributed by atoms with van der Waals surface area (Å²) in [5, 5.41) is 11.8. The molecule has 1 N–H and O–H groups in total. The lowest BCUT2D eigenvalue weighted by Gasteiger charge is -2.21. The molecule has 2 rings (SSSR count). The SMILES string of the molecule is CC1CNC(=O)[C@@]1(C#N)C1CC1. The van der Waals surface area contributed by atoms with Crippen molar-refractivity contribution in [3.8, 4) is 6.07 Å². The highest BCUT2D eigenvalue weighted by atomic mass is 16.2. The molecule has 0 bridgehead atoms. The minimum absolute atomic E-state index is 0.0417. The van der Waals surface area contributed by atoms with Gasteiger partial charge in [0.1, 0.15) is 5.41 Å². The maximum absolute atomic E-state index is 11.5. The molecule has 0 spiro atoms. The topological polar surface area (TPSA) is 52.9 Å². The van der Waals surface area contributed by atoms with E-state index >= 15 is 0 Å². The van der Waals surface area contributed by atoms with Crippen molar-refractivity contribution in [2.24, 2.45) is 17.3 Å². The fourth-order valence-electron chi connectivity index (χ4n) is 2.16. The molecule has 1 heterocycles. The highest BCUT2D eigenvalue weighted by Gasteiger charge is 2.57. The molecule has 0 aromatic heterocycles. The van der Waals surface area contributed by atoms with E-state index < -0.39 is 5.41 Å². The largest absolute Gasteiger partial charge is 0.354 e. The molecule has 1 amide bonds. The third-order valence-electron chi connectivity index (χ3n) is 3.13. The Labute approximate surface area is 71.8 Å². The summed E-state index contributed by atoms with van der Waals surface area (Å²) < 4.78 is 0. The van der Waals surface area contributed by atoms with E-state index in [1.807, 2.05) is 6.92 Å². The van der Waals surface area contributed by atoms with Crippen LogP contribution in [0.25, 0.3) is 0 Å². The monoisotopic (exact) mass is 164 g/mol. The van der Waals surface area contributed by atoms with Gasteiger partial charge in [0.25, 0.3) is 0 Å². The van der Waals surface area contributed by atoms with Gasteiger partial charge in [0.15, 0.2) is 0 Å². The molecule has 0 aromatic rings. The third kappa shape index (κ3) is 0.726. The first-order valence-electron chi connectivity index (χ1n) is 4.41. The summed E-state index contributed by atoms with van der Waals surface area (Å²) >= 11 is 0. The minimum Gasteiger partial charge on any atom is -0.354 e. The first-order valence-corrected chi connectivity index (χ1v) is 4.41. The molecule has 3 nitrogen and oxygen atoms in total. The quantitative estimate of drug-likeness (QED) is 0.619. The molecule has 0 radical (unpaired) electrons. The zero-order chi connectivity index (χ0) is 8.77. The van der Waals surface area contributed by atoms with E-state index in [-0.39, 0.29) is 11.8 Å². The Morgan fingerprint density at radius 3 is 2.67 bits per heavy atom. The van der Waals surface area contributed by atoms with Crippen molar-refractivity contribution < 1.29 is 4.79 Å². The second kappa shape index (κ2) is 2.22. The summed E-state index contributed by atoms with van der Waals surface area (Å²) in [4.78, 5) is 11.5. The van der Waals surface area contributed by atoms with E-state index in [9.17, 15) is 4.79 Å². The number of nitrogens with zero attached hydrogens (tertiary/aromatic N) is 1. The molecule has 0 aromatic carbocycles. The fourth-order valence-corrected chi connectivity index (χ4v) is 2.16. The molecule has 1 saturated carbocycles. The number of amides is 1. The van der Waals surface area contributed by atoms with Crippen LogP contribution in [0.2, 0.25) is 0 Å². The maximum atomic E-state index is 11.5. The van der Waals surface area contributed by atoms with Gasteiger partial charge < -0.3 is 5.32 Å². The predicted octanol–water partition coefficient (Wildman–Crippen LogP) is 0.672. The first kappa shape index (κ1) is 7.60. The van der Waals surface area contributed by atoms with Gasteiger partial charge in [0, 0.05) is 12.5 Å². The van der Waals surface area contributed by atoms with Crippen LogP contribution in [0, 0.1) is 28.6 Å². The lowest BCUT2D eigenvalue weighted by molar-refractivity contribution is -0.126. The van der Waals surface area contributed by atoms with Gasteiger partial charge in [-0.1, -0.05) is 6.92 Å². The maximum Gasteiger partial charge on any atom is 0.241 e. The summed E-state index contributed by atoms with van der Waals surface area (Å²) in [7, 11) is 0. The second-order valence-electron chi connectivity index (χ2n) is 3.87. The lowest BCUT2D eigenvalue weighted by Crippen LogP contribution is -2.34. The van der Waals surface area contributed by atoms with Gasteiger partial charge in [-0.05, 0) is 18.8 Å². The minimum atomic E-state index is -0.681. The van der Waals surface area contributed by atoms with Crippen LogP contribution in [-0.4, -0.2) is 12.5 Å². The summed E-state index contributed by atoms with van der Waals surface area (Å²) in [5.41, 5.74) is -0.681. The molecule has 1 saturated heterocycles. The van der Waals surface area contributed by atoms with Crippen LogP contribution in [-0.2, 0) is 4.79 Å². The molecule has 1 aliphatic carbocycles. The Morgan fingerprint density at radius 1 is 1.67 bits per heavy atom. The lowest BCUT2D eigenvalue weighted by atomic mass is 9.75. The van der Waals surface area contributed by atoms with Crippen molar-refractivity contribution in [2.75, 3.05) is 6.54 Å². The molecule has 3 heteroatoms. The Hall–Kier alpha value is -1.04. The number of carbonyl (C=O) groups excluding carboxylic acids is 1. The number of carbonyl (C=O) groups is 1. The molecule has 64 valence electrons. The van der Waals surface area contributed by atoms with E-state index in [1.165, 1.54) is 0 Å². The van der Waals surface area contributed by atoms with E-state index in [0.717, 1.165) is 12.8 Å². The second-order valence-corrected chi connectivity index (χ2v) is 3.87. The average molecular weight is 164 g/mol. The zero-order valence-corrected chi connectivity index (χ0v) is 7.13. The zero-order valence-electron chi connectivity index (χ0n) is 7.13. The Kier molecular flexibility index (Phi) is 1.41. The van der Waals surface area contributed by atoms with Crippen molar-refractivity contribution in [1.29, 1.82) is 5.26 Å². The summed E-state index contributed by atoms with van der Waals surface area (Å²) in [5.74, 6) is 0.475. The smallest absolute Gasteiger partial charge is 0.241 e. The highest BCUT2D eigenvalue weighted by molar-refractivity contribution is 5.88. The van der Waals surface area contributed by atoms with Crippen LogP contribution in [0.4, 0.5) is 0 Å². The van der Waals surface area contributed by atoms with E-state index in [2.05, 4.69) is 11.4 Å². The fraction of sp³-hybridized carbons (Fsp3) is 0.778. The summed E-state index contributed by atoms with van der Waals surface area (Å²) in [6.45, 7) is 2.66. The number of hydrogen-bond acceptors (Lipinski definition) is 2. The molecular weight excluding hydrogens is 152 g/mol. The highest BCUT2D eigenvalue weighted by Crippen LogP contribution is 2.51. The first-order chi connectivity index (χ1) is 5.71. The summed E-state index contributed by atoms with van der Waals surface area (Å²) in [6.07, 6.45) is 2.09. The standard InChI is InChI=1S/C9H12N2O/c1-6-4-11-8(12)9(6,5-10)7-2-3-7/h6-7H,2-4H2,1H3,(H,11,12)/t6?,9-/m1/s1. The Morgan fingerprint density at radius 2 is 2.33 bits per heavy atom. The number of nitriles is 1. The van der Waals surface area contributed by atoms with Crippen molar-refractivity contribution in [3.63, 3.8) is 0 Å². The van der Waals surface area contributed by atoms with Crippen LogP contribution in [0.3, 0.4) is 0 Å². The Bertz CT molecular complexity index is 264. The third-order valence-corrected chi connectivity index (χ3v) is 3.13. The summed E-state index contributed by atoms with van der Waals surface area (Å²) in [6, 6.07) is 2.23. The van der Waals surface area contributed by atoms with Gasteiger partial charge in [0.05, 0.1) is 6.07 Å². The van der Waals surface area contributed by atoms with Crippen molar-refractivity contribution in [1.82, 2.24) is 5.32 Å². The van der Waals surface area contributed by atoms with E-state index in [0.29, 0.717) is 12.5 Å². The van der Waals surface area contributed by atoms with Crippen molar-refractivity contribution in [2.45, 2.75) is 19.8 Å². The molecule has 2 aliphatic rings. The van der Waals surface area contributed by atoms with E-state index in [1.54, 1.807) is 0 Å². The molecule has 2 atom stereocenters. The van der Waals surface area contributed by atoms with Crippen LogP contribution in [0.1, 0.15) is 19.8 Å². The number of nitrogens with one attached hydrogen (secondary N) is 1. The van der Waals surface area contributed by atoms with Gasteiger partial charge in [-0.3, -0.25) is 4.79 Å². The van der Waals surface area contributed by atoms with E-state index in [4.69, 9.17) is 5.26 Å². The predicted molar refractivity (Wildman–Crippen MR) is 42.9 cm³/mol. The molecule has 12 heavy (non-hydrogen) atoms. The number of hydrogen-bond donors (Lipinski definition) is 1. The van der Waals surface area contributed by atoms with Crippen LogP contribution < -0.4 is 5.32 Å². The van der Waals surface area contributed by atoms with Gasteiger partial charge in [-0.25, -0.2) is 0 Å². The van der Waals surface area contributed by atoms with Crippen molar-refractivity contribution >= 4 is 5.91 Å². The van der Waals surface area contributed by atoms with Gasteiger partial charge >= 0.3 is 0 Å². The van der Waals surface area contributed by atoms with Crippen molar-refractivity contribution in [3.05, 3.63) is 0 Å². The van der Waals surface area contributed by atoms with Gasteiger partial charge in [-0.2, -0.15) is 5.26 Å². The van der Waals surface area contributed by atoms with Gasteiger partial charge in [-0.15, -0.1) is 0 Å².